The predicted molar refractivity (Wildman–Crippen MR) is 117 cm³/mol. The highest BCUT2D eigenvalue weighted by Gasteiger charge is 2.23. The SMILES string of the molecule is CCC(NC(=O)CCC(NC(=O)CCCS(=O)(=O)NC(=O)CCCc1nnn[nH]1)C(=O)O)C(=O)O. The van der Waals surface area contributed by atoms with E-state index in [1.165, 1.54) is 0 Å². The van der Waals surface area contributed by atoms with Gasteiger partial charge in [-0.1, -0.05) is 6.92 Å². The zero-order valence-electron chi connectivity index (χ0n) is 19.0. The fourth-order valence-corrected chi connectivity index (χ4v) is 3.88. The summed E-state index contributed by atoms with van der Waals surface area (Å²) in [5, 5.41) is 35.5. The van der Waals surface area contributed by atoms with Gasteiger partial charge in [-0.25, -0.2) is 23.1 Å². The largest absolute Gasteiger partial charge is 0.480 e. The van der Waals surface area contributed by atoms with Crippen molar-refractivity contribution in [2.24, 2.45) is 0 Å². The number of amides is 3. The summed E-state index contributed by atoms with van der Waals surface area (Å²) in [7, 11) is -3.99. The molecule has 0 radical (unpaired) electrons. The number of carboxylic acid groups (broad SMARTS) is 2. The molecule has 0 aliphatic carbocycles. The highest BCUT2D eigenvalue weighted by molar-refractivity contribution is 7.90. The monoisotopic (exact) mass is 519 g/mol. The molecule has 16 nitrogen and oxygen atoms in total. The first-order valence-corrected chi connectivity index (χ1v) is 12.4. The van der Waals surface area contributed by atoms with Gasteiger partial charge < -0.3 is 20.8 Å². The molecule has 17 heteroatoms. The van der Waals surface area contributed by atoms with Crippen LogP contribution >= 0.6 is 0 Å². The van der Waals surface area contributed by atoms with E-state index < -0.39 is 57.5 Å². The molecule has 1 rings (SSSR count). The number of aryl methyl sites for hydroxylation is 1. The van der Waals surface area contributed by atoms with E-state index in [-0.39, 0.29) is 38.5 Å². The van der Waals surface area contributed by atoms with Crippen LogP contribution in [0.1, 0.15) is 57.7 Å². The molecule has 0 aromatic carbocycles. The van der Waals surface area contributed by atoms with Crippen molar-refractivity contribution in [1.29, 1.82) is 0 Å². The maximum atomic E-state index is 12.0. The van der Waals surface area contributed by atoms with Crippen LogP contribution < -0.4 is 15.4 Å². The molecule has 3 amide bonds. The van der Waals surface area contributed by atoms with Gasteiger partial charge in [0.2, 0.25) is 27.7 Å². The van der Waals surface area contributed by atoms with Gasteiger partial charge in [-0.3, -0.25) is 19.1 Å². The maximum Gasteiger partial charge on any atom is 0.326 e. The number of nitrogens with one attached hydrogen (secondary N) is 4. The fraction of sp³-hybridized carbons (Fsp3) is 0.667. The number of H-pyrrole nitrogens is 1. The first-order valence-electron chi connectivity index (χ1n) is 10.7. The molecular weight excluding hydrogens is 490 g/mol. The van der Waals surface area contributed by atoms with Crippen LogP contribution in [0.25, 0.3) is 0 Å². The molecule has 6 N–H and O–H groups in total. The minimum absolute atomic E-state index is 0.0836. The first kappa shape index (κ1) is 29.4. The van der Waals surface area contributed by atoms with E-state index in [9.17, 15) is 37.5 Å². The number of rotatable bonds is 17. The highest BCUT2D eigenvalue weighted by atomic mass is 32.2. The summed E-state index contributed by atoms with van der Waals surface area (Å²) in [6.07, 6.45) is -0.418. The molecule has 0 saturated heterocycles. The number of hydrogen-bond acceptors (Lipinski definition) is 10. The zero-order chi connectivity index (χ0) is 26.4. The van der Waals surface area contributed by atoms with Gasteiger partial charge in [-0.2, -0.15) is 0 Å². The zero-order valence-corrected chi connectivity index (χ0v) is 19.8. The molecule has 1 aromatic heterocycles. The Hall–Kier alpha value is -3.63. The van der Waals surface area contributed by atoms with Crippen LogP contribution in [0.5, 0.6) is 0 Å². The number of nitrogens with zero attached hydrogens (tertiary/aromatic N) is 3. The first-order chi connectivity index (χ1) is 16.4. The summed E-state index contributed by atoms with van der Waals surface area (Å²) in [5.41, 5.74) is 0. The summed E-state index contributed by atoms with van der Waals surface area (Å²) in [6.45, 7) is 1.56. The average Bonchev–Trinajstić information content (AvgIpc) is 3.27. The van der Waals surface area contributed by atoms with Crippen molar-refractivity contribution in [3.05, 3.63) is 5.82 Å². The van der Waals surface area contributed by atoms with Crippen LogP contribution in [0, 0.1) is 0 Å². The minimum Gasteiger partial charge on any atom is -0.480 e. The third-order valence-electron chi connectivity index (χ3n) is 4.63. The second kappa shape index (κ2) is 14.6. The third-order valence-corrected chi connectivity index (χ3v) is 5.99. The molecule has 0 spiro atoms. The van der Waals surface area contributed by atoms with Gasteiger partial charge in [0.05, 0.1) is 5.75 Å². The van der Waals surface area contributed by atoms with Gasteiger partial charge in [0.15, 0.2) is 0 Å². The number of aliphatic carboxylic acids is 2. The van der Waals surface area contributed by atoms with Crippen LogP contribution in [0.3, 0.4) is 0 Å². The lowest BCUT2D eigenvalue weighted by molar-refractivity contribution is -0.143. The van der Waals surface area contributed by atoms with E-state index in [1.54, 1.807) is 6.92 Å². The molecule has 0 saturated carbocycles. The van der Waals surface area contributed by atoms with Crippen molar-refractivity contribution in [2.75, 3.05) is 5.75 Å². The third kappa shape index (κ3) is 12.4. The molecule has 196 valence electrons. The summed E-state index contributed by atoms with van der Waals surface area (Å²) in [5.74, 6) is -4.87. The van der Waals surface area contributed by atoms with Gasteiger partial charge in [-0.05, 0) is 36.1 Å². The molecule has 2 atom stereocenters. The Morgan fingerprint density at radius 1 is 0.914 bits per heavy atom. The lowest BCUT2D eigenvalue weighted by atomic mass is 10.1. The number of aromatic nitrogens is 4. The smallest absolute Gasteiger partial charge is 0.326 e. The lowest BCUT2D eigenvalue weighted by Crippen LogP contribution is -2.43. The van der Waals surface area contributed by atoms with Crippen molar-refractivity contribution >= 4 is 39.7 Å². The Bertz CT molecular complexity index is 982. The number of hydrogen-bond donors (Lipinski definition) is 6. The quantitative estimate of drug-likeness (QED) is 0.132. The Morgan fingerprint density at radius 3 is 2.09 bits per heavy atom. The topological polar surface area (TPSA) is 250 Å². The Balaban J connectivity index is 2.37. The molecule has 0 bridgehead atoms. The van der Waals surface area contributed by atoms with Crippen LogP contribution in [0.4, 0.5) is 0 Å². The van der Waals surface area contributed by atoms with Gasteiger partial charge >= 0.3 is 11.9 Å². The van der Waals surface area contributed by atoms with E-state index in [0.29, 0.717) is 18.7 Å². The molecule has 0 fully saturated rings. The molecule has 35 heavy (non-hydrogen) atoms. The van der Waals surface area contributed by atoms with Crippen molar-refractivity contribution < 1.29 is 42.6 Å². The average molecular weight is 520 g/mol. The van der Waals surface area contributed by atoms with E-state index in [2.05, 4.69) is 31.3 Å². The predicted octanol–water partition coefficient (Wildman–Crippen LogP) is -1.92. The van der Waals surface area contributed by atoms with E-state index in [0.717, 1.165) is 0 Å². The van der Waals surface area contributed by atoms with Gasteiger partial charge in [0.25, 0.3) is 0 Å². The Morgan fingerprint density at radius 2 is 1.51 bits per heavy atom. The summed E-state index contributed by atoms with van der Waals surface area (Å²) in [6, 6.07) is -2.53. The highest BCUT2D eigenvalue weighted by Crippen LogP contribution is 2.03. The van der Waals surface area contributed by atoms with E-state index in [4.69, 9.17) is 5.11 Å². The van der Waals surface area contributed by atoms with Crippen LogP contribution in [-0.2, 0) is 40.4 Å². The van der Waals surface area contributed by atoms with E-state index >= 15 is 0 Å². The number of aromatic amines is 1. The maximum absolute atomic E-state index is 12.0. The molecular formula is C18H29N7O9S. The molecule has 1 aromatic rings. The van der Waals surface area contributed by atoms with Crippen molar-refractivity contribution in [3.8, 4) is 0 Å². The van der Waals surface area contributed by atoms with E-state index in [1.807, 2.05) is 4.72 Å². The second-order valence-electron chi connectivity index (χ2n) is 7.51. The number of sulfonamides is 1. The number of carbonyl (C=O) groups is 5. The fourth-order valence-electron chi connectivity index (χ4n) is 2.80. The van der Waals surface area contributed by atoms with Crippen LogP contribution in [-0.4, -0.2) is 86.8 Å². The summed E-state index contributed by atoms with van der Waals surface area (Å²) in [4.78, 5) is 57.9. The van der Waals surface area contributed by atoms with Gasteiger partial charge in [0.1, 0.15) is 17.9 Å². The van der Waals surface area contributed by atoms with Crippen molar-refractivity contribution in [3.63, 3.8) is 0 Å². The summed E-state index contributed by atoms with van der Waals surface area (Å²) >= 11 is 0. The van der Waals surface area contributed by atoms with Crippen LogP contribution in [0.15, 0.2) is 0 Å². The molecule has 0 aliphatic heterocycles. The molecule has 0 aliphatic rings. The molecule has 1 heterocycles. The normalized spacial score (nSPS) is 12.8. The second-order valence-corrected chi connectivity index (χ2v) is 9.35. The van der Waals surface area contributed by atoms with Crippen molar-refractivity contribution in [2.45, 2.75) is 70.4 Å². The summed E-state index contributed by atoms with van der Waals surface area (Å²) < 4.78 is 25.9. The van der Waals surface area contributed by atoms with Crippen LogP contribution in [0.2, 0.25) is 0 Å². The standard InChI is InChI=1S/C18H29N7O9S/c1-2-11(17(29)30)19-15(27)9-8-12(18(31)32)20-14(26)7-4-10-35(33,34)23-16(28)6-3-5-13-21-24-25-22-13/h11-12H,2-10H2,1H3,(H,19,27)(H,20,26)(H,23,28)(H,29,30)(H,31,32)(H,21,22,24,25). The number of carbonyl (C=O) groups excluding carboxylic acids is 3. The number of carboxylic acids is 2. The minimum atomic E-state index is -3.99. The van der Waals surface area contributed by atoms with Gasteiger partial charge in [0, 0.05) is 25.7 Å². The van der Waals surface area contributed by atoms with Crippen molar-refractivity contribution in [1.82, 2.24) is 36.0 Å². The lowest BCUT2D eigenvalue weighted by Gasteiger charge is -2.16. The molecule has 2 unspecified atom stereocenters. The van der Waals surface area contributed by atoms with Gasteiger partial charge in [-0.15, -0.1) is 5.10 Å². The Labute approximate surface area is 200 Å². The Kier molecular flexibility index (Phi) is 12.3. The number of tetrazole rings is 1.